The number of nitrogens with zero attached hydrogens (tertiary/aromatic N) is 1. The molecule has 0 N–H and O–H groups in total. The molecule has 0 radical (unpaired) electrons. The molecule has 3 heterocycles. The van der Waals surface area contributed by atoms with Gasteiger partial charge in [-0.05, 0) is 56.0 Å². The molecule has 30 heavy (non-hydrogen) atoms. The molecule has 0 amide bonds. The first-order chi connectivity index (χ1) is 14.1. The number of ether oxygens (including phenoxy) is 1. The molecule has 9 heteroatoms. The van der Waals surface area contributed by atoms with Crippen LogP contribution in [0.5, 0.6) is 0 Å². The number of ketones is 1. The Morgan fingerprint density at radius 3 is 2.70 bits per heavy atom. The van der Waals surface area contributed by atoms with Crippen LogP contribution in [0, 0.1) is 19.7 Å². The summed E-state index contributed by atoms with van der Waals surface area (Å²) in [6, 6.07) is 7.32. The maximum atomic E-state index is 13.3. The van der Waals surface area contributed by atoms with Crippen molar-refractivity contribution in [3.8, 4) is 0 Å². The van der Waals surface area contributed by atoms with Gasteiger partial charge in [-0.25, -0.2) is 17.6 Å². The highest BCUT2D eigenvalue weighted by Gasteiger charge is 2.31. The molecule has 0 aliphatic carbocycles. The number of carbonyl (C=O) groups is 2. The maximum absolute atomic E-state index is 13.3. The van der Waals surface area contributed by atoms with Crippen LogP contribution in [0.15, 0.2) is 30.3 Å². The number of aromatic nitrogens is 1. The van der Waals surface area contributed by atoms with E-state index in [9.17, 15) is 22.4 Å². The first-order valence-corrected chi connectivity index (χ1v) is 12.1. The number of halogens is 1. The molecule has 4 rings (SSSR count). The van der Waals surface area contributed by atoms with Crippen molar-refractivity contribution in [3.63, 3.8) is 0 Å². The van der Waals surface area contributed by atoms with Gasteiger partial charge < -0.3 is 9.30 Å². The fraction of sp³-hybridized carbons (Fsp3) is 0.333. The molecule has 0 bridgehead atoms. The summed E-state index contributed by atoms with van der Waals surface area (Å²) in [7, 11) is -3.05. The van der Waals surface area contributed by atoms with Gasteiger partial charge in [-0.15, -0.1) is 11.3 Å². The van der Waals surface area contributed by atoms with Gasteiger partial charge in [0.25, 0.3) is 0 Å². The van der Waals surface area contributed by atoms with Crippen LogP contribution >= 0.6 is 11.3 Å². The predicted octanol–water partition coefficient (Wildman–Crippen LogP) is 3.86. The highest BCUT2D eigenvalue weighted by atomic mass is 32.2. The zero-order chi connectivity index (χ0) is 21.6. The molecule has 0 saturated carbocycles. The van der Waals surface area contributed by atoms with E-state index in [2.05, 4.69) is 0 Å². The van der Waals surface area contributed by atoms with E-state index in [0.717, 1.165) is 10.4 Å². The van der Waals surface area contributed by atoms with Crippen LogP contribution in [-0.2, 0) is 14.6 Å². The fourth-order valence-corrected chi connectivity index (χ4v) is 6.63. The molecule has 1 aliphatic rings. The van der Waals surface area contributed by atoms with Crippen molar-refractivity contribution in [2.45, 2.75) is 26.3 Å². The SMILES string of the molecule is Cc1cc(C(=O)COC(=O)c2cc3cc(F)ccc3s2)c(C)n1C1CCS(=O)(=O)C1. The summed E-state index contributed by atoms with van der Waals surface area (Å²) >= 11 is 1.17. The van der Waals surface area contributed by atoms with Crippen LogP contribution in [0.25, 0.3) is 10.1 Å². The highest BCUT2D eigenvalue weighted by Crippen LogP contribution is 2.30. The van der Waals surface area contributed by atoms with Crippen molar-refractivity contribution < 1.29 is 27.1 Å². The second-order valence-electron chi connectivity index (χ2n) is 7.50. The summed E-state index contributed by atoms with van der Waals surface area (Å²) < 4.78 is 44.8. The van der Waals surface area contributed by atoms with E-state index >= 15 is 0 Å². The summed E-state index contributed by atoms with van der Waals surface area (Å²) in [4.78, 5) is 25.3. The Morgan fingerprint density at radius 2 is 2.00 bits per heavy atom. The van der Waals surface area contributed by atoms with Gasteiger partial charge in [-0.2, -0.15) is 0 Å². The van der Waals surface area contributed by atoms with E-state index in [-0.39, 0.29) is 29.1 Å². The summed E-state index contributed by atoms with van der Waals surface area (Å²) in [6.45, 7) is 3.18. The third-order valence-corrected chi connectivity index (χ3v) is 8.22. The number of carbonyl (C=O) groups excluding carboxylic acids is 2. The minimum absolute atomic E-state index is 0.0680. The van der Waals surface area contributed by atoms with E-state index in [1.807, 2.05) is 11.5 Å². The van der Waals surface area contributed by atoms with Crippen molar-refractivity contribution >= 4 is 43.0 Å². The molecule has 1 fully saturated rings. The average Bonchev–Trinajstić information content (AvgIpc) is 3.34. The third kappa shape index (κ3) is 3.91. The first kappa shape index (κ1) is 20.7. The highest BCUT2D eigenvalue weighted by molar-refractivity contribution is 7.91. The summed E-state index contributed by atoms with van der Waals surface area (Å²) in [5, 5.41) is 0.605. The number of hydrogen-bond donors (Lipinski definition) is 0. The number of fused-ring (bicyclic) bond motifs is 1. The van der Waals surface area contributed by atoms with Gasteiger partial charge in [-0.1, -0.05) is 0 Å². The van der Waals surface area contributed by atoms with E-state index in [4.69, 9.17) is 4.74 Å². The van der Waals surface area contributed by atoms with Gasteiger partial charge in [0.1, 0.15) is 10.7 Å². The predicted molar refractivity (Wildman–Crippen MR) is 113 cm³/mol. The van der Waals surface area contributed by atoms with Crippen LogP contribution in [-0.4, -0.2) is 42.9 Å². The van der Waals surface area contributed by atoms with Gasteiger partial charge in [0, 0.05) is 27.7 Å². The van der Waals surface area contributed by atoms with Crippen molar-refractivity contribution in [2.24, 2.45) is 0 Å². The summed E-state index contributed by atoms with van der Waals surface area (Å²) in [5.41, 5.74) is 1.90. The lowest BCUT2D eigenvalue weighted by atomic mass is 10.1. The average molecular weight is 450 g/mol. The fourth-order valence-electron chi connectivity index (χ4n) is 4.00. The van der Waals surface area contributed by atoms with Crippen molar-refractivity contribution in [1.82, 2.24) is 4.57 Å². The number of sulfone groups is 1. The van der Waals surface area contributed by atoms with E-state index in [1.54, 1.807) is 25.1 Å². The molecular weight excluding hydrogens is 429 g/mol. The molecule has 1 aromatic carbocycles. The van der Waals surface area contributed by atoms with Crippen molar-refractivity contribution in [1.29, 1.82) is 0 Å². The van der Waals surface area contributed by atoms with Crippen LogP contribution in [0.2, 0.25) is 0 Å². The molecule has 1 saturated heterocycles. The largest absolute Gasteiger partial charge is 0.453 e. The quantitative estimate of drug-likeness (QED) is 0.436. The first-order valence-electron chi connectivity index (χ1n) is 9.43. The second-order valence-corrected chi connectivity index (χ2v) is 10.8. The number of benzene rings is 1. The molecule has 1 atom stereocenters. The van der Waals surface area contributed by atoms with Gasteiger partial charge in [0.2, 0.25) is 5.78 Å². The molecule has 1 unspecified atom stereocenters. The molecule has 0 spiro atoms. The van der Waals surface area contributed by atoms with E-state index < -0.39 is 22.4 Å². The number of esters is 1. The maximum Gasteiger partial charge on any atom is 0.348 e. The number of thiophene rings is 1. The number of Topliss-reactive ketones (excluding diaryl/α,β-unsaturated/α-hetero) is 1. The lowest BCUT2D eigenvalue weighted by Crippen LogP contribution is -2.16. The van der Waals surface area contributed by atoms with Gasteiger partial charge in [0.15, 0.2) is 16.4 Å². The summed E-state index contributed by atoms with van der Waals surface area (Å²) in [6.07, 6.45) is 0.522. The lowest BCUT2D eigenvalue weighted by molar-refractivity contribution is 0.0479. The Bertz CT molecular complexity index is 1270. The third-order valence-electron chi connectivity index (χ3n) is 5.37. The second kappa shape index (κ2) is 7.63. The molecular formula is C21H20FNO5S2. The number of aryl methyl sites for hydroxylation is 1. The zero-order valence-electron chi connectivity index (χ0n) is 16.5. The monoisotopic (exact) mass is 449 g/mol. The standard InChI is InChI=1S/C21H20FNO5S2/c1-12-7-17(13(2)23(12)16-5-6-30(26,27)11-16)18(24)10-28-21(25)20-9-14-8-15(22)3-4-19(14)29-20/h3-4,7-9,16H,5-6,10-11H2,1-2H3. The van der Waals surface area contributed by atoms with Crippen LogP contribution in [0.1, 0.15) is 43.9 Å². The van der Waals surface area contributed by atoms with Crippen molar-refractivity contribution in [3.05, 3.63) is 58.0 Å². The van der Waals surface area contributed by atoms with Gasteiger partial charge >= 0.3 is 5.97 Å². The zero-order valence-corrected chi connectivity index (χ0v) is 18.1. The molecule has 1 aliphatic heterocycles. The number of hydrogen-bond acceptors (Lipinski definition) is 6. The Balaban J connectivity index is 1.47. The Labute approximate surface area is 177 Å². The molecule has 2 aromatic heterocycles. The number of rotatable bonds is 5. The minimum Gasteiger partial charge on any atom is -0.453 e. The molecule has 6 nitrogen and oxygen atoms in total. The Hall–Kier alpha value is -2.52. The van der Waals surface area contributed by atoms with E-state index in [0.29, 0.717) is 27.9 Å². The van der Waals surface area contributed by atoms with Gasteiger partial charge in [-0.3, -0.25) is 4.79 Å². The lowest BCUT2D eigenvalue weighted by Gasteiger charge is -2.16. The van der Waals surface area contributed by atoms with E-state index in [1.165, 1.54) is 23.5 Å². The topological polar surface area (TPSA) is 82.4 Å². The van der Waals surface area contributed by atoms with Crippen LogP contribution < -0.4 is 0 Å². The smallest absolute Gasteiger partial charge is 0.348 e. The van der Waals surface area contributed by atoms with Crippen LogP contribution in [0.4, 0.5) is 4.39 Å². The molecule has 3 aromatic rings. The Morgan fingerprint density at radius 1 is 1.23 bits per heavy atom. The normalized spacial score (nSPS) is 18.0. The minimum atomic E-state index is -3.05. The van der Waals surface area contributed by atoms with Gasteiger partial charge in [0.05, 0.1) is 11.5 Å². The van der Waals surface area contributed by atoms with Crippen molar-refractivity contribution in [2.75, 3.05) is 18.1 Å². The Kier molecular flexibility index (Phi) is 5.27. The molecule has 158 valence electrons. The van der Waals surface area contributed by atoms with Crippen LogP contribution in [0.3, 0.4) is 0 Å². The summed E-state index contributed by atoms with van der Waals surface area (Å²) in [5.74, 6) is -1.16.